The summed E-state index contributed by atoms with van der Waals surface area (Å²) in [4.78, 5) is 17.9. The van der Waals surface area contributed by atoms with E-state index in [1.807, 2.05) is 84.9 Å². The Labute approximate surface area is 161 Å². The smallest absolute Gasteiger partial charge is 0.196 e. The number of hydrogen-bond donors (Lipinski definition) is 0. The Morgan fingerprint density at radius 1 is 0.926 bits per heavy atom. The zero-order valence-corrected chi connectivity index (χ0v) is 15.6. The van der Waals surface area contributed by atoms with Gasteiger partial charge < -0.3 is 4.74 Å². The van der Waals surface area contributed by atoms with Crippen LogP contribution in [-0.4, -0.2) is 17.9 Å². The van der Waals surface area contributed by atoms with Gasteiger partial charge in [0.2, 0.25) is 0 Å². The van der Waals surface area contributed by atoms with E-state index in [4.69, 9.17) is 9.72 Å². The fraction of sp³-hybridized carbons (Fsp3) is 0.0435. The molecule has 0 aliphatic heterocycles. The maximum Gasteiger partial charge on any atom is 0.196 e. The summed E-state index contributed by atoms with van der Waals surface area (Å²) in [6, 6.07) is 24.9. The molecule has 0 aliphatic rings. The highest BCUT2D eigenvalue weighted by molar-refractivity contribution is 7.20. The number of carbonyl (C=O) groups is 1. The lowest BCUT2D eigenvalue weighted by Gasteiger charge is -2.05. The molecular formula is C23H17NO2S. The second-order valence-corrected chi connectivity index (χ2v) is 7.04. The molecule has 4 heteroatoms. The summed E-state index contributed by atoms with van der Waals surface area (Å²) in [7, 11) is 1.64. The van der Waals surface area contributed by atoms with Gasteiger partial charge in [0.15, 0.2) is 5.78 Å². The van der Waals surface area contributed by atoms with E-state index in [1.54, 1.807) is 7.11 Å². The topological polar surface area (TPSA) is 39.2 Å². The van der Waals surface area contributed by atoms with Crippen molar-refractivity contribution in [3.05, 3.63) is 95.0 Å². The van der Waals surface area contributed by atoms with Crippen molar-refractivity contribution in [3.63, 3.8) is 0 Å². The zero-order valence-electron chi connectivity index (χ0n) is 14.8. The summed E-state index contributed by atoms with van der Waals surface area (Å²) < 4.78 is 6.28. The minimum absolute atomic E-state index is 0.0366. The number of ether oxygens (including phenoxy) is 1. The van der Waals surface area contributed by atoms with Crippen LogP contribution >= 0.6 is 11.3 Å². The number of allylic oxidation sites excluding steroid dienone is 1. The first kappa shape index (κ1) is 17.2. The Hall–Kier alpha value is -3.24. The molecule has 0 unspecified atom stereocenters. The minimum Gasteiger partial charge on any atom is -0.497 e. The van der Waals surface area contributed by atoms with Crippen LogP contribution in [0.1, 0.15) is 20.9 Å². The first-order valence-corrected chi connectivity index (χ1v) is 9.38. The molecule has 1 heterocycles. The molecule has 0 fully saturated rings. The van der Waals surface area contributed by atoms with Gasteiger partial charge in [-0.2, -0.15) is 0 Å². The molecule has 1 aromatic heterocycles. The van der Waals surface area contributed by atoms with Gasteiger partial charge in [-0.15, -0.1) is 11.3 Å². The predicted molar refractivity (Wildman–Crippen MR) is 111 cm³/mol. The molecule has 132 valence electrons. The van der Waals surface area contributed by atoms with Crippen LogP contribution < -0.4 is 4.74 Å². The Balaban J connectivity index is 1.83. The third-order valence-corrected chi connectivity index (χ3v) is 5.30. The molecule has 27 heavy (non-hydrogen) atoms. The van der Waals surface area contributed by atoms with Gasteiger partial charge in [-0.25, -0.2) is 4.98 Å². The van der Waals surface area contributed by atoms with Gasteiger partial charge in [0, 0.05) is 5.56 Å². The van der Waals surface area contributed by atoms with Crippen molar-refractivity contribution in [2.75, 3.05) is 7.11 Å². The van der Waals surface area contributed by atoms with Crippen molar-refractivity contribution in [3.8, 4) is 5.75 Å². The lowest BCUT2D eigenvalue weighted by molar-refractivity contribution is 0.105. The van der Waals surface area contributed by atoms with Gasteiger partial charge in [-0.3, -0.25) is 4.79 Å². The SMILES string of the molecule is COc1ccc(/C=C(\C(=O)c2ccccc2)c2nc3ccccc3s2)cc1. The van der Waals surface area contributed by atoms with Crippen LogP contribution in [0.3, 0.4) is 0 Å². The van der Waals surface area contributed by atoms with E-state index < -0.39 is 0 Å². The van der Waals surface area contributed by atoms with Crippen LogP contribution in [0, 0.1) is 0 Å². The van der Waals surface area contributed by atoms with Crippen molar-refractivity contribution in [2.24, 2.45) is 0 Å². The monoisotopic (exact) mass is 371 g/mol. The van der Waals surface area contributed by atoms with Crippen molar-refractivity contribution >= 4 is 39.0 Å². The Kier molecular flexibility index (Phi) is 4.81. The van der Waals surface area contributed by atoms with Gasteiger partial charge in [0.05, 0.1) is 22.9 Å². The van der Waals surface area contributed by atoms with Crippen LogP contribution in [0.5, 0.6) is 5.75 Å². The number of Topliss-reactive ketones (excluding diaryl/α,β-unsaturated/α-hetero) is 1. The lowest BCUT2D eigenvalue weighted by atomic mass is 10.0. The fourth-order valence-corrected chi connectivity index (χ4v) is 3.80. The second-order valence-electron chi connectivity index (χ2n) is 6.01. The molecule has 4 rings (SSSR count). The molecule has 0 radical (unpaired) electrons. The molecule has 0 aliphatic carbocycles. The van der Waals surface area contributed by atoms with Crippen LogP contribution in [0.2, 0.25) is 0 Å². The first-order chi connectivity index (χ1) is 13.2. The fourth-order valence-electron chi connectivity index (χ4n) is 2.82. The predicted octanol–water partition coefficient (Wildman–Crippen LogP) is 5.73. The van der Waals surface area contributed by atoms with E-state index in [2.05, 4.69) is 0 Å². The van der Waals surface area contributed by atoms with Gasteiger partial charge >= 0.3 is 0 Å². The highest BCUT2D eigenvalue weighted by Crippen LogP contribution is 2.30. The molecule has 0 saturated heterocycles. The van der Waals surface area contributed by atoms with Gasteiger partial charge in [-0.05, 0) is 35.9 Å². The number of aromatic nitrogens is 1. The van der Waals surface area contributed by atoms with Crippen molar-refractivity contribution in [2.45, 2.75) is 0 Å². The Bertz CT molecular complexity index is 1080. The third kappa shape index (κ3) is 3.66. The standard InChI is InChI=1S/C23H17NO2S/c1-26-18-13-11-16(12-14-18)15-19(22(25)17-7-3-2-4-8-17)23-24-20-9-5-6-10-21(20)27-23/h2-15H,1H3/b19-15+. The van der Waals surface area contributed by atoms with E-state index in [0.717, 1.165) is 26.5 Å². The number of hydrogen-bond acceptors (Lipinski definition) is 4. The first-order valence-electron chi connectivity index (χ1n) is 8.56. The maximum atomic E-state index is 13.2. The highest BCUT2D eigenvalue weighted by atomic mass is 32.1. The van der Waals surface area contributed by atoms with E-state index in [-0.39, 0.29) is 5.78 Å². The number of fused-ring (bicyclic) bond motifs is 1. The summed E-state index contributed by atoms with van der Waals surface area (Å²) >= 11 is 1.53. The molecular weight excluding hydrogens is 354 g/mol. The van der Waals surface area contributed by atoms with Gasteiger partial charge in [0.1, 0.15) is 10.8 Å². The Morgan fingerprint density at radius 2 is 1.63 bits per heavy atom. The number of ketones is 1. The van der Waals surface area contributed by atoms with E-state index in [9.17, 15) is 4.79 Å². The van der Waals surface area contributed by atoms with Crippen LogP contribution in [-0.2, 0) is 0 Å². The molecule has 0 saturated carbocycles. The number of para-hydroxylation sites is 1. The van der Waals surface area contributed by atoms with Crippen LogP contribution in [0.15, 0.2) is 78.9 Å². The molecule has 3 nitrogen and oxygen atoms in total. The molecule has 0 amide bonds. The summed E-state index contributed by atoms with van der Waals surface area (Å²) in [5, 5.41) is 0.723. The van der Waals surface area contributed by atoms with Crippen molar-refractivity contribution < 1.29 is 9.53 Å². The Morgan fingerprint density at radius 3 is 2.33 bits per heavy atom. The average molecular weight is 371 g/mol. The molecule has 4 aromatic rings. The second kappa shape index (κ2) is 7.56. The normalized spacial score (nSPS) is 11.5. The average Bonchev–Trinajstić information content (AvgIpc) is 3.16. The molecule has 0 atom stereocenters. The quantitative estimate of drug-likeness (QED) is 0.332. The number of thiazole rings is 1. The van der Waals surface area contributed by atoms with E-state index >= 15 is 0 Å². The van der Waals surface area contributed by atoms with Crippen molar-refractivity contribution in [1.29, 1.82) is 0 Å². The number of methoxy groups -OCH3 is 1. The van der Waals surface area contributed by atoms with E-state index in [1.165, 1.54) is 11.3 Å². The maximum absolute atomic E-state index is 13.2. The van der Waals surface area contributed by atoms with E-state index in [0.29, 0.717) is 11.1 Å². The highest BCUT2D eigenvalue weighted by Gasteiger charge is 2.18. The molecule has 0 spiro atoms. The van der Waals surface area contributed by atoms with Crippen LogP contribution in [0.4, 0.5) is 0 Å². The molecule has 0 N–H and O–H groups in total. The summed E-state index contributed by atoms with van der Waals surface area (Å²) in [5.74, 6) is 0.744. The molecule has 3 aromatic carbocycles. The summed E-state index contributed by atoms with van der Waals surface area (Å²) in [5.41, 5.74) is 3.07. The van der Waals surface area contributed by atoms with Gasteiger partial charge in [-0.1, -0.05) is 54.6 Å². The summed E-state index contributed by atoms with van der Waals surface area (Å²) in [6.45, 7) is 0. The largest absolute Gasteiger partial charge is 0.497 e. The summed E-state index contributed by atoms with van der Waals surface area (Å²) in [6.07, 6.45) is 1.90. The number of benzene rings is 3. The third-order valence-electron chi connectivity index (χ3n) is 4.23. The van der Waals surface area contributed by atoms with Crippen molar-refractivity contribution in [1.82, 2.24) is 4.98 Å². The molecule has 0 bridgehead atoms. The van der Waals surface area contributed by atoms with Gasteiger partial charge in [0.25, 0.3) is 0 Å². The minimum atomic E-state index is -0.0366. The zero-order chi connectivity index (χ0) is 18.6. The number of carbonyl (C=O) groups excluding carboxylic acids is 1. The number of nitrogens with zero attached hydrogens (tertiary/aromatic N) is 1. The van der Waals surface area contributed by atoms with Crippen LogP contribution in [0.25, 0.3) is 21.9 Å². The lowest BCUT2D eigenvalue weighted by Crippen LogP contribution is -2.02. The number of rotatable bonds is 5.